The van der Waals surface area contributed by atoms with Crippen molar-refractivity contribution in [2.45, 2.75) is 0 Å². The second-order valence-electron chi connectivity index (χ2n) is 1.79. The first-order chi connectivity index (χ1) is 4.88. The Hall–Kier alpha value is -1.38. The lowest BCUT2D eigenvalue weighted by molar-refractivity contribution is 1.03. The fourth-order valence-corrected chi connectivity index (χ4v) is 0.700. The fraction of sp³-hybridized carbons (Fsp3) is 0.143. The van der Waals surface area contributed by atoms with E-state index in [1.54, 1.807) is 19.3 Å². The Labute approximate surface area is 59.8 Å². The van der Waals surface area contributed by atoms with Crippen LogP contribution in [0.2, 0.25) is 0 Å². The van der Waals surface area contributed by atoms with E-state index >= 15 is 0 Å². The normalized spacial score (nSPS) is 8.90. The van der Waals surface area contributed by atoms with Crippen molar-refractivity contribution < 1.29 is 0 Å². The average molecular weight is 135 g/mol. The molecule has 0 bridgehead atoms. The molecule has 0 aromatic carbocycles. The molecule has 0 radical (unpaired) electrons. The van der Waals surface area contributed by atoms with Gasteiger partial charge in [0.25, 0.3) is 0 Å². The highest BCUT2D eigenvalue weighted by Crippen LogP contribution is 2.08. The van der Waals surface area contributed by atoms with Gasteiger partial charge in [-0.1, -0.05) is 12.7 Å². The molecule has 0 atom stereocenters. The van der Waals surface area contributed by atoms with Gasteiger partial charge in [-0.15, -0.1) is 5.10 Å². The summed E-state index contributed by atoms with van der Waals surface area (Å²) in [5, 5.41) is 10.4. The third-order valence-corrected chi connectivity index (χ3v) is 1.21. The summed E-state index contributed by atoms with van der Waals surface area (Å²) in [6.07, 6.45) is 3.37. The number of nitrogens with zero attached hydrogens (tertiary/aromatic N) is 2. The minimum atomic E-state index is 0.762. The lowest BCUT2D eigenvalue weighted by atomic mass is 10.3. The van der Waals surface area contributed by atoms with Crippen LogP contribution in [-0.2, 0) is 0 Å². The summed E-state index contributed by atoms with van der Waals surface area (Å²) in [5.41, 5.74) is 0.970. The molecule has 0 spiro atoms. The number of nitrogens with one attached hydrogen (secondary N) is 1. The van der Waals surface area contributed by atoms with Gasteiger partial charge in [-0.3, -0.25) is 0 Å². The molecule has 0 saturated heterocycles. The highest BCUT2D eigenvalue weighted by atomic mass is 15.2. The van der Waals surface area contributed by atoms with E-state index in [4.69, 9.17) is 0 Å². The summed E-state index contributed by atoms with van der Waals surface area (Å²) in [6, 6.07) is 1.85. The lowest BCUT2D eigenvalue weighted by Crippen LogP contribution is -1.95. The van der Waals surface area contributed by atoms with E-state index in [1.807, 2.05) is 6.07 Å². The first-order valence-corrected chi connectivity index (χ1v) is 3.00. The van der Waals surface area contributed by atoms with Gasteiger partial charge in [0.05, 0.1) is 6.20 Å². The zero-order chi connectivity index (χ0) is 7.40. The maximum absolute atomic E-state index is 3.84. The van der Waals surface area contributed by atoms with Crippen molar-refractivity contribution in [2.75, 3.05) is 12.4 Å². The van der Waals surface area contributed by atoms with Crippen molar-refractivity contribution in [2.24, 2.45) is 0 Å². The molecule has 0 unspecified atom stereocenters. The summed E-state index contributed by atoms with van der Waals surface area (Å²) in [4.78, 5) is 0. The zero-order valence-corrected chi connectivity index (χ0v) is 5.83. The molecule has 10 heavy (non-hydrogen) atoms. The van der Waals surface area contributed by atoms with Crippen LogP contribution in [-0.4, -0.2) is 17.2 Å². The Morgan fingerprint density at radius 1 is 1.70 bits per heavy atom. The van der Waals surface area contributed by atoms with Gasteiger partial charge in [0, 0.05) is 12.6 Å². The standard InChI is InChI=1S/C7H9N3/c1-3-6-4-5-9-10-7(6)8-2/h3-5H,1H2,2H3,(H,8,10). The molecule has 0 amide bonds. The third kappa shape index (κ3) is 1.13. The van der Waals surface area contributed by atoms with Gasteiger partial charge in [-0.2, -0.15) is 5.10 Å². The van der Waals surface area contributed by atoms with Crippen LogP contribution in [0.5, 0.6) is 0 Å². The van der Waals surface area contributed by atoms with Crippen molar-refractivity contribution >= 4 is 11.9 Å². The van der Waals surface area contributed by atoms with Crippen LogP contribution in [0.25, 0.3) is 6.08 Å². The molecule has 0 aliphatic rings. The second kappa shape index (κ2) is 2.96. The van der Waals surface area contributed by atoms with E-state index < -0.39 is 0 Å². The maximum atomic E-state index is 3.84. The van der Waals surface area contributed by atoms with Gasteiger partial charge in [0.1, 0.15) is 0 Å². The highest BCUT2D eigenvalue weighted by Gasteiger charge is 1.94. The van der Waals surface area contributed by atoms with Gasteiger partial charge in [0.15, 0.2) is 5.82 Å². The summed E-state index contributed by atoms with van der Waals surface area (Å²) in [5.74, 6) is 0.762. The van der Waals surface area contributed by atoms with Crippen molar-refractivity contribution in [3.05, 3.63) is 24.4 Å². The Kier molecular flexibility index (Phi) is 1.99. The summed E-state index contributed by atoms with van der Waals surface area (Å²) >= 11 is 0. The topological polar surface area (TPSA) is 37.8 Å². The van der Waals surface area contributed by atoms with Gasteiger partial charge in [0.2, 0.25) is 0 Å². The van der Waals surface area contributed by atoms with Gasteiger partial charge < -0.3 is 5.32 Å². The predicted molar refractivity (Wildman–Crippen MR) is 41.7 cm³/mol. The fourth-order valence-electron chi connectivity index (χ4n) is 0.700. The molecule has 1 rings (SSSR count). The number of rotatable bonds is 2. The Morgan fingerprint density at radius 2 is 2.50 bits per heavy atom. The van der Waals surface area contributed by atoms with E-state index in [9.17, 15) is 0 Å². The second-order valence-corrected chi connectivity index (χ2v) is 1.79. The van der Waals surface area contributed by atoms with Crippen molar-refractivity contribution in [1.82, 2.24) is 10.2 Å². The molecule has 1 aromatic rings. The minimum absolute atomic E-state index is 0.762. The first-order valence-electron chi connectivity index (χ1n) is 3.00. The molecule has 52 valence electrons. The quantitative estimate of drug-likeness (QED) is 0.661. The van der Waals surface area contributed by atoms with Gasteiger partial charge in [-0.25, -0.2) is 0 Å². The largest absolute Gasteiger partial charge is 0.371 e. The molecule has 1 heterocycles. The van der Waals surface area contributed by atoms with Crippen LogP contribution in [0.4, 0.5) is 5.82 Å². The monoisotopic (exact) mass is 135 g/mol. The van der Waals surface area contributed by atoms with Crippen LogP contribution in [0, 0.1) is 0 Å². The third-order valence-electron chi connectivity index (χ3n) is 1.21. The molecule has 3 nitrogen and oxygen atoms in total. The first kappa shape index (κ1) is 6.74. The number of hydrogen-bond acceptors (Lipinski definition) is 3. The van der Waals surface area contributed by atoms with E-state index in [-0.39, 0.29) is 0 Å². The maximum Gasteiger partial charge on any atom is 0.155 e. The van der Waals surface area contributed by atoms with Crippen molar-refractivity contribution in [3.8, 4) is 0 Å². The van der Waals surface area contributed by atoms with E-state index in [2.05, 4.69) is 22.1 Å². The summed E-state index contributed by atoms with van der Waals surface area (Å²) < 4.78 is 0. The van der Waals surface area contributed by atoms with Gasteiger partial charge in [-0.05, 0) is 6.07 Å². The molecule has 0 saturated carbocycles. The molecule has 0 aliphatic carbocycles. The average Bonchev–Trinajstić information content (AvgIpc) is 2.04. The number of hydrogen-bond donors (Lipinski definition) is 1. The molecular formula is C7H9N3. The van der Waals surface area contributed by atoms with E-state index in [0.717, 1.165) is 11.4 Å². The molecule has 3 heteroatoms. The summed E-state index contributed by atoms with van der Waals surface area (Å²) in [6.45, 7) is 3.63. The Balaban J connectivity index is 3.08. The van der Waals surface area contributed by atoms with E-state index in [0.29, 0.717) is 0 Å². The van der Waals surface area contributed by atoms with Crippen LogP contribution in [0.15, 0.2) is 18.8 Å². The Morgan fingerprint density at radius 3 is 3.00 bits per heavy atom. The summed E-state index contributed by atoms with van der Waals surface area (Å²) in [7, 11) is 1.80. The van der Waals surface area contributed by atoms with Crippen molar-refractivity contribution in [3.63, 3.8) is 0 Å². The smallest absolute Gasteiger partial charge is 0.155 e. The van der Waals surface area contributed by atoms with E-state index in [1.165, 1.54) is 0 Å². The molecule has 1 aromatic heterocycles. The number of aromatic nitrogens is 2. The van der Waals surface area contributed by atoms with Crippen molar-refractivity contribution in [1.29, 1.82) is 0 Å². The highest BCUT2D eigenvalue weighted by molar-refractivity contribution is 5.60. The predicted octanol–water partition coefficient (Wildman–Crippen LogP) is 1.16. The SMILES string of the molecule is C=Cc1ccnnc1NC. The van der Waals surface area contributed by atoms with Crippen LogP contribution in [0.3, 0.4) is 0 Å². The zero-order valence-electron chi connectivity index (χ0n) is 5.83. The van der Waals surface area contributed by atoms with Crippen LogP contribution in [0.1, 0.15) is 5.56 Å². The minimum Gasteiger partial charge on any atom is -0.371 e. The molecule has 1 N–H and O–H groups in total. The Bertz CT molecular complexity index is 232. The lowest BCUT2D eigenvalue weighted by Gasteiger charge is -1.99. The van der Waals surface area contributed by atoms with Gasteiger partial charge >= 0.3 is 0 Å². The number of anilines is 1. The molecule has 0 aliphatic heterocycles. The van der Waals surface area contributed by atoms with Crippen LogP contribution < -0.4 is 5.32 Å². The molecule has 0 fully saturated rings. The van der Waals surface area contributed by atoms with Crippen LogP contribution >= 0.6 is 0 Å². The molecular weight excluding hydrogens is 126 g/mol.